The molecule has 0 spiro atoms. The predicted molar refractivity (Wildman–Crippen MR) is 69.3 cm³/mol. The van der Waals surface area contributed by atoms with E-state index in [9.17, 15) is 13.6 Å². The van der Waals surface area contributed by atoms with Crippen molar-refractivity contribution >= 4 is 5.91 Å². The van der Waals surface area contributed by atoms with Crippen LogP contribution in [0.3, 0.4) is 0 Å². The van der Waals surface area contributed by atoms with Crippen molar-refractivity contribution in [3.8, 4) is 0 Å². The Morgan fingerprint density at radius 2 is 2.00 bits per heavy atom. The molecule has 0 aliphatic heterocycles. The van der Waals surface area contributed by atoms with Crippen molar-refractivity contribution in [2.45, 2.75) is 26.7 Å². The Morgan fingerprint density at radius 1 is 1.32 bits per heavy atom. The quantitative estimate of drug-likeness (QED) is 0.859. The fourth-order valence-electron chi connectivity index (χ4n) is 1.81. The molecular weight excluding hydrogens is 252 g/mol. The molecule has 1 rings (SSSR count). The summed E-state index contributed by atoms with van der Waals surface area (Å²) in [4.78, 5) is 12.9. The lowest BCUT2D eigenvalue weighted by atomic mass is 10.0. The number of hydrogen-bond donors (Lipinski definition) is 1. The predicted octanol–water partition coefficient (Wildman–Crippen LogP) is 1.93. The Morgan fingerprint density at radius 3 is 2.53 bits per heavy atom. The SMILES string of the molecule is Cc1ccc(CC(=O)N(CCO)CC(F)F)cc1C. The zero-order chi connectivity index (χ0) is 14.4. The first-order chi connectivity index (χ1) is 8.93. The first kappa shape index (κ1) is 15.6. The molecule has 106 valence electrons. The topological polar surface area (TPSA) is 40.5 Å². The number of carbonyl (C=O) groups excluding carboxylic acids is 1. The molecule has 0 unspecified atom stereocenters. The number of amides is 1. The third kappa shape index (κ3) is 4.95. The lowest BCUT2D eigenvalue weighted by molar-refractivity contribution is -0.133. The normalized spacial score (nSPS) is 10.8. The Balaban J connectivity index is 2.72. The molecule has 0 aliphatic rings. The molecule has 0 fully saturated rings. The molecule has 0 aromatic heterocycles. The van der Waals surface area contributed by atoms with Crippen molar-refractivity contribution in [3.05, 3.63) is 34.9 Å². The minimum atomic E-state index is -2.59. The third-order valence-corrected chi connectivity index (χ3v) is 3.01. The van der Waals surface area contributed by atoms with Crippen molar-refractivity contribution < 1.29 is 18.7 Å². The maximum Gasteiger partial charge on any atom is 0.255 e. The van der Waals surface area contributed by atoms with Gasteiger partial charge in [-0.25, -0.2) is 8.78 Å². The molecule has 0 aliphatic carbocycles. The van der Waals surface area contributed by atoms with Crippen LogP contribution >= 0.6 is 0 Å². The molecule has 1 aromatic carbocycles. The van der Waals surface area contributed by atoms with Gasteiger partial charge in [0, 0.05) is 6.54 Å². The average Bonchev–Trinajstić information content (AvgIpc) is 2.33. The van der Waals surface area contributed by atoms with Crippen LogP contribution in [0.4, 0.5) is 8.78 Å². The zero-order valence-electron chi connectivity index (χ0n) is 11.2. The number of carbonyl (C=O) groups is 1. The lowest BCUT2D eigenvalue weighted by Gasteiger charge is -2.21. The fourth-order valence-corrected chi connectivity index (χ4v) is 1.81. The van der Waals surface area contributed by atoms with Crippen molar-refractivity contribution in [1.29, 1.82) is 0 Å². The number of alkyl halides is 2. The standard InChI is InChI=1S/C14H19F2NO2/c1-10-3-4-12(7-11(10)2)8-14(19)17(5-6-18)9-13(15)16/h3-4,7,13,18H,5-6,8-9H2,1-2H3. The van der Waals surface area contributed by atoms with Gasteiger partial charge in [-0.05, 0) is 30.5 Å². The Labute approximate surface area is 111 Å². The van der Waals surface area contributed by atoms with Crippen LogP contribution in [0.2, 0.25) is 0 Å². The number of rotatable bonds is 6. The highest BCUT2D eigenvalue weighted by molar-refractivity contribution is 5.78. The average molecular weight is 271 g/mol. The molecule has 3 nitrogen and oxygen atoms in total. The highest BCUT2D eigenvalue weighted by atomic mass is 19.3. The number of aryl methyl sites for hydroxylation is 2. The molecule has 0 heterocycles. The number of halogens is 2. The van der Waals surface area contributed by atoms with E-state index in [4.69, 9.17) is 5.11 Å². The minimum Gasteiger partial charge on any atom is -0.395 e. The third-order valence-electron chi connectivity index (χ3n) is 3.01. The van der Waals surface area contributed by atoms with E-state index >= 15 is 0 Å². The molecule has 0 saturated carbocycles. The van der Waals surface area contributed by atoms with Gasteiger partial charge < -0.3 is 10.0 Å². The van der Waals surface area contributed by atoms with E-state index in [1.54, 1.807) is 0 Å². The highest BCUT2D eigenvalue weighted by Crippen LogP contribution is 2.11. The second-order valence-electron chi connectivity index (χ2n) is 4.55. The van der Waals surface area contributed by atoms with E-state index < -0.39 is 18.9 Å². The molecule has 0 atom stereocenters. The van der Waals surface area contributed by atoms with Crippen LogP contribution in [0.25, 0.3) is 0 Å². The number of hydrogen-bond acceptors (Lipinski definition) is 2. The van der Waals surface area contributed by atoms with Crippen molar-refractivity contribution in [1.82, 2.24) is 4.90 Å². The Kier molecular flexibility index (Phi) is 5.89. The van der Waals surface area contributed by atoms with Gasteiger partial charge in [0.05, 0.1) is 19.6 Å². The fraction of sp³-hybridized carbons (Fsp3) is 0.500. The summed E-state index contributed by atoms with van der Waals surface area (Å²) in [6.45, 7) is 2.90. The summed E-state index contributed by atoms with van der Waals surface area (Å²) in [5, 5.41) is 8.81. The summed E-state index contributed by atoms with van der Waals surface area (Å²) in [6, 6.07) is 5.61. The van der Waals surface area contributed by atoms with Gasteiger partial charge in [0.1, 0.15) is 0 Å². The zero-order valence-corrected chi connectivity index (χ0v) is 11.2. The summed E-state index contributed by atoms with van der Waals surface area (Å²) in [5.41, 5.74) is 2.98. The van der Waals surface area contributed by atoms with Crippen molar-refractivity contribution in [2.75, 3.05) is 19.7 Å². The Bertz CT molecular complexity index is 435. The van der Waals surface area contributed by atoms with E-state index in [1.165, 1.54) is 0 Å². The van der Waals surface area contributed by atoms with E-state index in [-0.39, 0.29) is 19.6 Å². The van der Waals surface area contributed by atoms with Crippen molar-refractivity contribution in [3.63, 3.8) is 0 Å². The molecule has 1 aromatic rings. The van der Waals surface area contributed by atoms with Gasteiger partial charge in [0.15, 0.2) is 0 Å². The van der Waals surface area contributed by atoms with Crippen LogP contribution in [0, 0.1) is 13.8 Å². The maximum atomic E-state index is 12.3. The largest absolute Gasteiger partial charge is 0.395 e. The van der Waals surface area contributed by atoms with Gasteiger partial charge in [-0.3, -0.25) is 4.79 Å². The number of benzene rings is 1. The smallest absolute Gasteiger partial charge is 0.255 e. The summed E-state index contributed by atoms with van der Waals surface area (Å²) in [7, 11) is 0. The van der Waals surface area contributed by atoms with Gasteiger partial charge in [0.2, 0.25) is 5.91 Å². The molecule has 1 N–H and O–H groups in total. The monoisotopic (exact) mass is 271 g/mol. The van der Waals surface area contributed by atoms with Gasteiger partial charge in [-0.1, -0.05) is 18.2 Å². The summed E-state index contributed by atoms with van der Waals surface area (Å²) < 4.78 is 24.7. The summed E-state index contributed by atoms with van der Waals surface area (Å²) in [5.74, 6) is -0.391. The van der Waals surface area contributed by atoms with Gasteiger partial charge in [-0.15, -0.1) is 0 Å². The minimum absolute atomic E-state index is 0.0615. The first-order valence-electron chi connectivity index (χ1n) is 6.17. The molecule has 1 amide bonds. The van der Waals surface area contributed by atoms with E-state index in [2.05, 4.69) is 0 Å². The second kappa shape index (κ2) is 7.19. The van der Waals surface area contributed by atoms with Crippen LogP contribution in [0.1, 0.15) is 16.7 Å². The van der Waals surface area contributed by atoms with Gasteiger partial charge in [-0.2, -0.15) is 0 Å². The first-order valence-corrected chi connectivity index (χ1v) is 6.17. The van der Waals surface area contributed by atoms with Gasteiger partial charge in [0.25, 0.3) is 6.43 Å². The molecule has 0 radical (unpaired) electrons. The van der Waals surface area contributed by atoms with Gasteiger partial charge >= 0.3 is 0 Å². The van der Waals surface area contributed by atoms with Crippen molar-refractivity contribution in [2.24, 2.45) is 0 Å². The van der Waals surface area contributed by atoms with Crippen LogP contribution < -0.4 is 0 Å². The summed E-state index contributed by atoms with van der Waals surface area (Å²) >= 11 is 0. The molecule has 5 heteroatoms. The second-order valence-corrected chi connectivity index (χ2v) is 4.55. The number of aliphatic hydroxyl groups excluding tert-OH is 1. The van der Waals surface area contributed by atoms with Crippen LogP contribution in [0.15, 0.2) is 18.2 Å². The van der Waals surface area contributed by atoms with E-state index in [0.717, 1.165) is 21.6 Å². The lowest BCUT2D eigenvalue weighted by Crippen LogP contribution is -2.38. The maximum absolute atomic E-state index is 12.3. The molecular formula is C14H19F2NO2. The van der Waals surface area contributed by atoms with Crippen LogP contribution in [0.5, 0.6) is 0 Å². The molecule has 19 heavy (non-hydrogen) atoms. The van der Waals surface area contributed by atoms with Crippen LogP contribution in [-0.4, -0.2) is 42.0 Å². The summed E-state index contributed by atoms with van der Waals surface area (Å²) in [6.07, 6.45) is -2.51. The Hall–Kier alpha value is -1.49. The van der Waals surface area contributed by atoms with Crippen LogP contribution in [-0.2, 0) is 11.2 Å². The number of nitrogens with zero attached hydrogens (tertiary/aromatic N) is 1. The van der Waals surface area contributed by atoms with E-state index in [0.29, 0.717) is 0 Å². The highest BCUT2D eigenvalue weighted by Gasteiger charge is 2.18. The molecule has 0 bridgehead atoms. The molecule has 0 saturated heterocycles. The van der Waals surface area contributed by atoms with E-state index in [1.807, 2.05) is 32.0 Å². The number of aliphatic hydroxyl groups is 1.